The maximum absolute atomic E-state index is 13.7. The summed E-state index contributed by atoms with van der Waals surface area (Å²) in [7, 11) is 1.65. The highest BCUT2D eigenvalue weighted by Gasteiger charge is 2.14. The fourth-order valence-electron chi connectivity index (χ4n) is 3.26. The van der Waals surface area contributed by atoms with E-state index in [-0.39, 0.29) is 12.1 Å². The molecule has 1 aromatic carbocycles. The Morgan fingerprint density at radius 3 is 2.93 bits per heavy atom. The number of guanidine groups is 1. The summed E-state index contributed by atoms with van der Waals surface area (Å²) in [5.41, 5.74) is 0.268. The molecule has 2 aromatic rings. The molecule has 0 bridgehead atoms. The van der Waals surface area contributed by atoms with Gasteiger partial charge < -0.3 is 15.2 Å². The van der Waals surface area contributed by atoms with Crippen LogP contribution in [0, 0.1) is 11.6 Å². The van der Waals surface area contributed by atoms with Gasteiger partial charge in [0.25, 0.3) is 0 Å². The Hall–Kier alpha value is -2.51. The summed E-state index contributed by atoms with van der Waals surface area (Å²) >= 11 is 0. The predicted molar refractivity (Wildman–Crippen MR) is 100 cm³/mol. The van der Waals surface area contributed by atoms with Crippen LogP contribution in [0.4, 0.5) is 8.78 Å². The van der Waals surface area contributed by atoms with Crippen molar-refractivity contribution < 1.29 is 8.78 Å². The van der Waals surface area contributed by atoms with Gasteiger partial charge >= 0.3 is 0 Å². The van der Waals surface area contributed by atoms with Crippen molar-refractivity contribution in [2.45, 2.75) is 51.6 Å². The van der Waals surface area contributed by atoms with Crippen molar-refractivity contribution in [3.8, 4) is 0 Å². The first-order valence-electron chi connectivity index (χ1n) is 9.47. The molecule has 0 saturated carbocycles. The van der Waals surface area contributed by atoms with Crippen LogP contribution in [-0.2, 0) is 25.9 Å². The fraction of sp³-hybridized carbons (Fsp3) is 0.526. The Labute approximate surface area is 158 Å². The summed E-state index contributed by atoms with van der Waals surface area (Å²) in [6.45, 7) is 1.88. The molecule has 3 rings (SSSR count). The van der Waals surface area contributed by atoms with Crippen LogP contribution in [0.2, 0.25) is 0 Å². The fourth-order valence-corrected chi connectivity index (χ4v) is 3.26. The summed E-state index contributed by atoms with van der Waals surface area (Å²) in [6.07, 6.45) is 6.36. The largest absolute Gasteiger partial charge is 0.356 e. The van der Waals surface area contributed by atoms with Crippen LogP contribution >= 0.6 is 0 Å². The zero-order valence-electron chi connectivity index (χ0n) is 15.6. The number of aromatic nitrogens is 3. The molecule has 146 valence electrons. The Balaban J connectivity index is 1.44. The van der Waals surface area contributed by atoms with E-state index < -0.39 is 11.6 Å². The highest BCUT2D eigenvalue weighted by molar-refractivity contribution is 5.79. The number of hydrogen-bond acceptors (Lipinski definition) is 3. The summed E-state index contributed by atoms with van der Waals surface area (Å²) in [4.78, 5) is 4.12. The number of nitrogens with one attached hydrogen (secondary N) is 2. The smallest absolute Gasteiger partial charge is 0.191 e. The van der Waals surface area contributed by atoms with E-state index in [0.717, 1.165) is 49.6 Å². The first-order valence-corrected chi connectivity index (χ1v) is 9.47. The average molecular weight is 376 g/mol. The summed E-state index contributed by atoms with van der Waals surface area (Å²) in [5.74, 6) is 1.80. The molecular weight excluding hydrogens is 350 g/mol. The maximum atomic E-state index is 13.7. The molecule has 0 aliphatic carbocycles. The minimum atomic E-state index is -0.455. The number of hydrogen-bond donors (Lipinski definition) is 2. The third-order valence-corrected chi connectivity index (χ3v) is 4.73. The van der Waals surface area contributed by atoms with E-state index in [9.17, 15) is 8.78 Å². The van der Waals surface area contributed by atoms with Crippen molar-refractivity contribution in [1.82, 2.24) is 25.4 Å². The van der Waals surface area contributed by atoms with E-state index in [0.29, 0.717) is 12.5 Å². The highest BCUT2D eigenvalue weighted by Crippen LogP contribution is 2.15. The van der Waals surface area contributed by atoms with E-state index in [2.05, 4.69) is 30.4 Å². The number of halogens is 2. The minimum absolute atomic E-state index is 0.168. The van der Waals surface area contributed by atoms with E-state index in [1.807, 2.05) is 0 Å². The molecule has 0 atom stereocenters. The van der Waals surface area contributed by atoms with Crippen LogP contribution in [0.3, 0.4) is 0 Å². The Morgan fingerprint density at radius 1 is 1.19 bits per heavy atom. The molecule has 0 fully saturated rings. The molecule has 0 spiro atoms. The first kappa shape index (κ1) is 19.3. The quantitative estimate of drug-likeness (QED) is 0.462. The van der Waals surface area contributed by atoms with Gasteiger partial charge in [-0.05, 0) is 37.5 Å². The van der Waals surface area contributed by atoms with Gasteiger partial charge in [0.15, 0.2) is 5.96 Å². The van der Waals surface area contributed by atoms with Crippen LogP contribution in [0.15, 0.2) is 23.2 Å². The monoisotopic (exact) mass is 376 g/mol. The number of nitrogens with zero attached hydrogens (tertiary/aromatic N) is 4. The Kier molecular flexibility index (Phi) is 6.73. The Morgan fingerprint density at radius 2 is 2.07 bits per heavy atom. The number of aliphatic imine (C=N–C) groups is 1. The molecule has 1 aromatic heterocycles. The third-order valence-electron chi connectivity index (χ3n) is 4.73. The average Bonchev–Trinajstić information content (AvgIpc) is 2.90. The summed E-state index contributed by atoms with van der Waals surface area (Å²) in [5, 5.41) is 14.8. The molecule has 1 aliphatic rings. The molecular formula is C19H26F2N6. The Bertz CT molecular complexity index is 787. The van der Waals surface area contributed by atoms with Gasteiger partial charge in [-0.1, -0.05) is 6.42 Å². The number of rotatable bonds is 6. The second-order valence-corrected chi connectivity index (χ2v) is 6.69. The van der Waals surface area contributed by atoms with Gasteiger partial charge in [0, 0.05) is 45.1 Å². The topological polar surface area (TPSA) is 67.1 Å². The third kappa shape index (κ3) is 5.24. The lowest BCUT2D eigenvalue weighted by Gasteiger charge is -2.12. The zero-order valence-corrected chi connectivity index (χ0v) is 15.6. The van der Waals surface area contributed by atoms with Crippen LogP contribution in [0.5, 0.6) is 0 Å². The van der Waals surface area contributed by atoms with Crippen molar-refractivity contribution in [2.75, 3.05) is 13.6 Å². The lowest BCUT2D eigenvalue weighted by atomic mass is 10.2. The van der Waals surface area contributed by atoms with Gasteiger partial charge in [0.2, 0.25) is 0 Å². The summed E-state index contributed by atoms with van der Waals surface area (Å²) in [6, 6.07) is 3.42. The molecule has 0 unspecified atom stereocenters. The molecule has 1 aliphatic heterocycles. The van der Waals surface area contributed by atoms with E-state index in [1.54, 1.807) is 7.05 Å². The zero-order chi connectivity index (χ0) is 19.1. The van der Waals surface area contributed by atoms with E-state index >= 15 is 0 Å². The standard InChI is InChI=1S/C19H26F2N6/c1-22-19(24-13-14-12-15(20)8-9-16(14)21)23-10-5-7-18-26-25-17-6-3-2-4-11-27(17)18/h8-9,12H,2-7,10-11,13H2,1H3,(H2,22,23,24). The number of fused-ring (bicyclic) bond motifs is 1. The van der Waals surface area contributed by atoms with Crippen molar-refractivity contribution in [1.29, 1.82) is 0 Å². The van der Waals surface area contributed by atoms with E-state index in [4.69, 9.17) is 0 Å². The summed E-state index contributed by atoms with van der Waals surface area (Å²) < 4.78 is 29.2. The molecule has 2 N–H and O–H groups in total. The van der Waals surface area contributed by atoms with Crippen LogP contribution in [0.25, 0.3) is 0 Å². The maximum Gasteiger partial charge on any atom is 0.191 e. The first-order chi connectivity index (χ1) is 13.2. The van der Waals surface area contributed by atoms with Crippen molar-refractivity contribution >= 4 is 5.96 Å². The van der Waals surface area contributed by atoms with Crippen molar-refractivity contribution in [3.63, 3.8) is 0 Å². The molecule has 0 saturated heterocycles. The number of aryl methyl sites for hydroxylation is 2. The second-order valence-electron chi connectivity index (χ2n) is 6.69. The molecule has 0 radical (unpaired) electrons. The van der Waals surface area contributed by atoms with Gasteiger partial charge in [0.05, 0.1) is 0 Å². The second kappa shape index (κ2) is 9.43. The number of benzene rings is 1. The SMILES string of the molecule is CN=C(NCCCc1nnc2n1CCCCC2)NCc1cc(F)ccc1F. The van der Waals surface area contributed by atoms with Crippen LogP contribution in [-0.4, -0.2) is 34.3 Å². The molecule has 27 heavy (non-hydrogen) atoms. The molecule has 8 heteroatoms. The predicted octanol–water partition coefficient (Wildman–Crippen LogP) is 2.58. The van der Waals surface area contributed by atoms with Gasteiger partial charge in [-0.15, -0.1) is 10.2 Å². The van der Waals surface area contributed by atoms with Gasteiger partial charge in [0.1, 0.15) is 23.3 Å². The van der Waals surface area contributed by atoms with Gasteiger partial charge in [-0.25, -0.2) is 8.78 Å². The molecule has 2 heterocycles. The van der Waals surface area contributed by atoms with Crippen molar-refractivity contribution in [2.24, 2.45) is 4.99 Å². The van der Waals surface area contributed by atoms with Gasteiger partial charge in [-0.2, -0.15) is 0 Å². The van der Waals surface area contributed by atoms with E-state index in [1.165, 1.54) is 25.3 Å². The molecule has 6 nitrogen and oxygen atoms in total. The van der Waals surface area contributed by atoms with Crippen LogP contribution in [0.1, 0.15) is 42.9 Å². The lowest BCUT2D eigenvalue weighted by Crippen LogP contribution is -2.37. The van der Waals surface area contributed by atoms with Gasteiger partial charge in [-0.3, -0.25) is 4.99 Å². The van der Waals surface area contributed by atoms with Crippen LogP contribution < -0.4 is 10.6 Å². The minimum Gasteiger partial charge on any atom is -0.356 e. The lowest BCUT2D eigenvalue weighted by molar-refractivity contribution is 0.580. The normalized spacial score (nSPS) is 14.6. The molecule has 0 amide bonds. The van der Waals surface area contributed by atoms with Crippen molar-refractivity contribution in [3.05, 3.63) is 47.0 Å². The highest BCUT2D eigenvalue weighted by atomic mass is 19.1.